The van der Waals surface area contributed by atoms with Crippen LogP contribution in [-0.2, 0) is 16.0 Å². The van der Waals surface area contributed by atoms with E-state index in [4.69, 9.17) is 0 Å². The van der Waals surface area contributed by atoms with Crippen LogP contribution in [0.1, 0.15) is 34.4 Å². The summed E-state index contributed by atoms with van der Waals surface area (Å²) < 4.78 is 0. The zero-order valence-corrected chi connectivity index (χ0v) is 16.5. The average molecular weight is 371 g/mol. The normalized spacial score (nSPS) is 15.1. The molecule has 0 spiro atoms. The quantitative estimate of drug-likeness (QED) is 0.881. The number of likely N-dealkylation sites (tertiary alicyclic amines) is 1. The number of amides is 2. The fourth-order valence-electron chi connectivity index (χ4n) is 3.67. The van der Waals surface area contributed by atoms with E-state index in [1.807, 2.05) is 36.3 Å². The third-order valence-corrected chi connectivity index (χ3v) is 5.93. The van der Waals surface area contributed by atoms with Crippen LogP contribution >= 0.6 is 11.3 Å². The number of piperidine rings is 1. The van der Waals surface area contributed by atoms with Gasteiger partial charge in [-0.05, 0) is 56.2 Å². The van der Waals surface area contributed by atoms with E-state index >= 15 is 0 Å². The number of thiophene rings is 1. The molecule has 4 nitrogen and oxygen atoms in total. The van der Waals surface area contributed by atoms with Crippen LogP contribution in [0.4, 0.5) is 5.69 Å². The molecule has 0 unspecified atom stereocenters. The van der Waals surface area contributed by atoms with Gasteiger partial charge in [0, 0.05) is 29.6 Å². The summed E-state index contributed by atoms with van der Waals surface area (Å²) in [5, 5.41) is 5.11. The van der Waals surface area contributed by atoms with Gasteiger partial charge in [-0.15, -0.1) is 11.3 Å². The van der Waals surface area contributed by atoms with Gasteiger partial charge in [-0.25, -0.2) is 0 Å². The molecule has 0 saturated carbocycles. The summed E-state index contributed by atoms with van der Waals surface area (Å²) in [4.78, 5) is 28.1. The largest absolute Gasteiger partial charge is 0.342 e. The van der Waals surface area contributed by atoms with E-state index in [1.54, 1.807) is 11.3 Å². The Morgan fingerprint density at radius 3 is 2.38 bits per heavy atom. The number of nitrogens with one attached hydrogen (secondary N) is 1. The Morgan fingerprint density at radius 1 is 1.15 bits per heavy atom. The second-order valence-corrected chi connectivity index (χ2v) is 8.21. The highest BCUT2D eigenvalue weighted by molar-refractivity contribution is 7.10. The number of carbonyl (C=O) groups excluding carboxylic acids is 2. The Bertz CT molecular complexity index is 767. The maximum Gasteiger partial charge on any atom is 0.227 e. The van der Waals surface area contributed by atoms with E-state index in [9.17, 15) is 9.59 Å². The Hall–Kier alpha value is -2.14. The van der Waals surface area contributed by atoms with Gasteiger partial charge in [0.15, 0.2) is 0 Å². The van der Waals surface area contributed by atoms with Crippen LogP contribution in [-0.4, -0.2) is 29.8 Å². The number of carbonyl (C=O) groups is 2. The minimum Gasteiger partial charge on any atom is -0.342 e. The Labute approximate surface area is 159 Å². The van der Waals surface area contributed by atoms with Crippen LogP contribution in [0, 0.1) is 26.7 Å². The number of anilines is 1. The molecule has 0 radical (unpaired) electrons. The Kier molecular flexibility index (Phi) is 5.77. The molecule has 26 heavy (non-hydrogen) atoms. The zero-order valence-electron chi connectivity index (χ0n) is 15.7. The first-order valence-electron chi connectivity index (χ1n) is 9.13. The van der Waals surface area contributed by atoms with Crippen molar-refractivity contribution in [2.24, 2.45) is 5.92 Å². The van der Waals surface area contributed by atoms with Crippen LogP contribution in [0.2, 0.25) is 0 Å². The predicted octanol–water partition coefficient (Wildman–Crippen LogP) is 4.09. The van der Waals surface area contributed by atoms with Crippen LogP contribution in [0.3, 0.4) is 0 Å². The van der Waals surface area contributed by atoms with Crippen molar-refractivity contribution in [3.63, 3.8) is 0 Å². The minimum absolute atomic E-state index is 0.0270. The number of benzene rings is 1. The smallest absolute Gasteiger partial charge is 0.227 e. The number of hydrogen-bond acceptors (Lipinski definition) is 3. The maximum atomic E-state index is 12.7. The first kappa shape index (κ1) is 18.6. The lowest BCUT2D eigenvalue weighted by molar-refractivity contribution is -0.133. The molecule has 1 aromatic carbocycles. The van der Waals surface area contributed by atoms with E-state index in [0.717, 1.165) is 34.5 Å². The van der Waals surface area contributed by atoms with Gasteiger partial charge in [0.05, 0.1) is 6.42 Å². The molecular formula is C21H26N2O2S. The SMILES string of the molecule is Cc1cc(C)c(NC(=O)C2CCN(C(=O)Cc3cccs3)CC2)c(C)c1. The second-order valence-electron chi connectivity index (χ2n) is 7.17. The lowest BCUT2D eigenvalue weighted by Gasteiger charge is -2.31. The predicted molar refractivity (Wildman–Crippen MR) is 107 cm³/mol. The summed E-state index contributed by atoms with van der Waals surface area (Å²) in [6, 6.07) is 8.15. The molecule has 1 N–H and O–H groups in total. The molecule has 1 aliphatic rings. The standard InChI is InChI=1S/C21H26N2O2S/c1-14-11-15(2)20(16(3)12-14)22-21(25)17-6-8-23(9-7-17)19(24)13-18-5-4-10-26-18/h4-5,10-12,17H,6-9,13H2,1-3H3,(H,22,25). The van der Waals surface area contributed by atoms with Crippen molar-refractivity contribution in [3.8, 4) is 0 Å². The van der Waals surface area contributed by atoms with Gasteiger partial charge in [-0.1, -0.05) is 23.8 Å². The molecule has 3 rings (SSSR count). The van der Waals surface area contributed by atoms with Gasteiger partial charge in [0.2, 0.25) is 11.8 Å². The summed E-state index contributed by atoms with van der Waals surface area (Å²) in [5.74, 6) is 0.211. The third-order valence-electron chi connectivity index (χ3n) is 5.05. The van der Waals surface area contributed by atoms with Crippen molar-refractivity contribution in [1.29, 1.82) is 0 Å². The van der Waals surface area contributed by atoms with Crippen LogP contribution in [0.15, 0.2) is 29.6 Å². The van der Waals surface area contributed by atoms with Gasteiger partial charge in [0.1, 0.15) is 0 Å². The van der Waals surface area contributed by atoms with Gasteiger partial charge in [-0.3, -0.25) is 9.59 Å². The topological polar surface area (TPSA) is 49.4 Å². The second kappa shape index (κ2) is 8.04. The van der Waals surface area contributed by atoms with Crippen molar-refractivity contribution in [2.45, 2.75) is 40.0 Å². The number of rotatable bonds is 4. The lowest BCUT2D eigenvalue weighted by atomic mass is 9.95. The Balaban J connectivity index is 1.54. The van der Waals surface area contributed by atoms with Crippen LogP contribution in [0.5, 0.6) is 0 Å². The molecule has 1 saturated heterocycles. The average Bonchev–Trinajstić information content (AvgIpc) is 3.11. The summed E-state index contributed by atoms with van der Waals surface area (Å²) in [5.41, 5.74) is 4.33. The molecule has 5 heteroatoms. The third kappa shape index (κ3) is 4.33. The monoisotopic (exact) mass is 370 g/mol. The van der Waals surface area contributed by atoms with E-state index in [0.29, 0.717) is 19.5 Å². The zero-order chi connectivity index (χ0) is 18.7. The highest BCUT2D eigenvalue weighted by atomic mass is 32.1. The van der Waals surface area contributed by atoms with Crippen LogP contribution < -0.4 is 5.32 Å². The molecule has 2 heterocycles. The van der Waals surface area contributed by atoms with Crippen molar-refractivity contribution >= 4 is 28.8 Å². The summed E-state index contributed by atoms with van der Waals surface area (Å²) in [6.07, 6.45) is 1.92. The molecule has 2 amide bonds. The first-order valence-corrected chi connectivity index (χ1v) is 10.0. The highest BCUT2D eigenvalue weighted by Gasteiger charge is 2.27. The molecule has 0 aliphatic carbocycles. The summed E-state index contributed by atoms with van der Waals surface area (Å²) in [6.45, 7) is 7.44. The summed E-state index contributed by atoms with van der Waals surface area (Å²) >= 11 is 1.61. The van der Waals surface area contributed by atoms with Crippen molar-refractivity contribution < 1.29 is 9.59 Å². The van der Waals surface area contributed by atoms with Crippen molar-refractivity contribution in [3.05, 3.63) is 51.2 Å². The molecule has 1 aromatic heterocycles. The van der Waals surface area contributed by atoms with Crippen LogP contribution in [0.25, 0.3) is 0 Å². The van der Waals surface area contributed by atoms with Crippen molar-refractivity contribution in [1.82, 2.24) is 4.90 Å². The van der Waals surface area contributed by atoms with Gasteiger partial charge in [-0.2, -0.15) is 0 Å². The number of hydrogen-bond donors (Lipinski definition) is 1. The minimum atomic E-state index is -0.0270. The molecule has 0 atom stereocenters. The van der Waals surface area contributed by atoms with Gasteiger partial charge in [0.25, 0.3) is 0 Å². The lowest BCUT2D eigenvalue weighted by Crippen LogP contribution is -2.42. The van der Waals surface area contributed by atoms with Crippen molar-refractivity contribution in [2.75, 3.05) is 18.4 Å². The van der Waals surface area contributed by atoms with E-state index < -0.39 is 0 Å². The van der Waals surface area contributed by atoms with E-state index in [-0.39, 0.29) is 17.7 Å². The fraction of sp³-hybridized carbons (Fsp3) is 0.429. The highest BCUT2D eigenvalue weighted by Crippen LogP contribution is 2.25. The van der Waals surface area contributed by atoms with Gasteiger partial charge >= 0.3 is 0 Å². The van der Waals surface area contributed by atoms with Gasteiger partial charge < -0.3 is 10.2 Å². The first-order chi connectivity index (χ1) is 12.4. The maximum absolute atomic E-state index is 12.7. The number of nitrogens with zero attached hydrogens (tertiary/aromatic N) is 1. The molecule has 138 valence electrons. The molecule has 1 fully saturated rings. The molecule has 2 aromatic rings. The number of aryl methyl sites for hydroxylation is 3. The Morgan fingerprint density at radius 2 is 1.81 bits per heavy atom. The van der Waals surface area contributed by atoms with E-state index in [2.05, 4.69) is 24.4 Å². The molecular weight excluding hydrogens is 344 g/mol. The molecule has 1 aliphatic heterocycles. The van der Waals surface area contributed by atoms with E-state index in [1.165, 1.54) is 5.56 Å². The summed E-state index contributed by atoms with van der Waals surface area (Å²) in [7, 11) is 0. The molecule has 0 bridgehead atoms. The fourth-order valence-corrected chi connectivity index (χ4v) is 4.36.